The molecular formula is C31H22Cl3N3O4. The number of hydrogen-bond acceptors (Lipinski definition) is 5. The van der Waals surface area contributed by atoms with Gasteiger partial charge in [-0.2, -0.15) is 5.10 Å². The topological polar surface area (TPSA) is 92.8 Å². The molecule has 1 heterocycles. The molecule has 0 unspecified atom stereocenters. The Morgan fingerprint density at radius 1 is 0.878 bits per heavy atom. The Kier molecular flexibility index (Phi) is 8.59. The van der Waals surface area contributed by atoms with E-state index in [9.17, 15) is 9.59 Å². The van der Waals surface area contributed by atoms with E-state index in [0.717, 1.165) is 5.39 Å². The lowest BCUT2D eigenvalue weighted by Gasteiger charge is -2.12. The van der Waals surface area contributed by atoms with Gasteiger partial charge in [0.2, 0.25) is 0 Å². The third-order valence-electron chi connectivity index (χ3n) is 6.10. The van der Waals surface area contributed by atoms with E-state index in [0.29, 0.717) is 44.6 Å². The van der Waals surface area contributed by atoms with E-state index in [1.807, 2.05) is 37.3 Å². The molecule has 41 heavy (non-hydrogen) atoms. The van der Waals surface area contributed by atoms with E-state index in [1.165, 1.54) is 6.21 Å². The molecule has 7 nitrogen and oxygen atoms in total. The predicted molar refractivity (Wildman–Crippen MR) is 163 cm³/mol. The first kappa shape index (κ1) is 28.2. The van der Waals surface area contributed by atoms with Crippen LogP contribution in [0.2, 0.25) is 15.1 Å². The van der Waals surface area contributed by atoms with E-state index in [1.54, 1.807) is 54.6 Å². The smallest absolute Gasteiger partial charge is 0.345 e. The highest BCUT2D eigenvalue weighted by Crippen LogP contribution is 2.38. The second-order valence-corrected chi connectivity index (χ2v) is 9.95. The number of carbonyl (C=O) groups excluding carboxylic acids is 2. The second-order valence-electron chi connectivity index (χ2n) is 8.72. The first-order valence-electron chi connectivity index (χ1n) is 12.5. The fourth-order valence-electron chi connectivity index (χ4n) is 4.26. The van der Waals surface area contributed by atoms with Crippen molar-refractivity contribution in [3.63, 3.8) is 0 Å². The Morgan fingerprint density at radius 2 is 1.61 bits per heavy atom. The number of halogens is 3. The minimum absolute atomic E-state index is 0.220. The molecule has 5 rings (SSSR count). The minimum Gasteiger partial charge on any atom is -0.490 e. The standard InChI is InChI=1S/C31H22Cl3N3O4/c1-2-40-26-16-18(14-15-25(26)41-31(39)20-9-4-6-12-23(20)33)17-35-37-30(38)29-27(19-8-3-5-11-22(19)32)21-10-7-13-24(34)28(21)36-29/h3-17,36H,2H2,1H3,(H,37,38). The maximum Gasteiger partial charge on any atom is 0.345 e. The van der Waals surface area contributed by atoms with Crippen LogP contribution >= 0.6 is 34.8 Å². The monoisotopic (exact) mass is 605 g/mol. The van der Waals surface area contributed by atoms with Crippen LogP contribution in [0.1, 0.15) is 33.3 Å². The molecule has 206 valence electrons. The van der Waals surface area contributed by atoms with Crippen LogP contribution in [0, 0.1) is 0 Å². The van der Waals surface area contributed by atoms with Crippen molar-refractivity contribution in [1.82, 2.24) is 10.4 Å². The largest absolute Gasteiger partial charge is 0.490 e. The maximum atomic E-state index is 13.3. The molecule has 5 aromatic rings. The average Bonchev–Trinajstić information content (AvgIpc) is 3.36. The predicted octanol–water partition coefficient (Wildman–Crippen LogP) is 8.18. The Morgan fingerprint density at radius 3 is 2.37 bits per heavy atom. The number of carbonyl (C=O) groups is 2. The van der Waals surface area contributed by atoms with E-state index in [2.05, 4.69) is 15.5 Å². The summed E-state index contributed by atoms with van der Waals surface area (Å²) in [6, 6.07) is 24.2. The average molecular weight is 607 g/mol. The fourth-order valence-corrected chi connectivity index (χ4v) is 4.92. The third kappa shape index (κ3) is 6.07. The molecule has 10 heteroatoms. The van der Waals surface area contributed by atoms with Gasteiger partial charge in [-0.25, -0.2) is 10.2 Å². The summed E-state index contributed by atoms with van der Waals surface area (Å²) in [5, 5.41) is 6.12. The van der Waals surface area contributed by atoms with Crippen LogP contribution in [0.5, 0.6) is 11.5 Å². The number of aromatic amines is 1. The zero-order valence-electron chi connectivity index (χ0n) is 21.6. The Hall–Kier alpha value is -4.30. The Balaban J connectivity index is 1.39. The van der Waals surface area contributed by atoms with Gasteiger partial charge in [-0.15, -0.1) is 0 Å². The number of hydrazone groups is 1. The minimum atomic E-state index is -0.613. The van der Waals surface area contributed by atoms with Gasteiger partial charge in [-0.1, -0.05) is 77.3 Å². The molecule has 1 aromatic heterocycles. The molecule has 0 spiro atoms. The van der Waals surface area contributed by atoms with E-state index < -0.39 is 11.9 Å². The Labute approximate surface area is 250 Å². The number of H-pyrrole nitrogens is 1. The first-order chi connectivity index (χ1) is 19.9. The van der Waals surface area contributed by atoms with Crippen LogP contribution in [0.15, 0.2) is 90.0 Å². The van der Waals surface area contributed by atoms with Crippen molar-refractivity contribution in [2.75, 3.05) is 6.61 Å². The number of ether oxygens (including phenoxy) is 2. The van der Waals surface area contributed by atoms with Crippen LogP contribution in [0.4, 0.5) is 0 Å². The van der Waals surface area contributed by atoms with Crippen LogP contribution in [-0.4, -0.2) is 29.7 Å². The number of esters is 1. The SMILES string of the molecule is CCOc1cc(C=NNC(=O)c2[nH]c3c(Cl)cccc3c2-c2ccccc2Cl)ccc1OC(=O)c1ccccc1Cl. The van der Waals surface area contributed by atoms with Gasteiger partial charge in [0.05, 0.1) is 33.9 Å². The van der Waals surface area contributed by atoms with E-state index >= 15 is 0 Å². The lowest BCUT2D eigenvalue weighted by Crippen LogP contribution is -2.19. The summed E-state index contributed by atoms with van der Waals surface area (Å²) in [5.74, 6) is -0.552. The molecule has 0 radical (unpaired) electrons. The maximum absolute atomic E-state index is 13.3. The van der Waals surface area contributed by atoms with Crippen molar-refractivity contribution < 1.29 is 19.1 Å². The summed E-state index contributed by atoms with van der Waals surface area (Å²) in [4.78, 5) is 29.1. The van der Waals surface area contributed by atoms with Crippen molar-refractivity contribution in [3.8, 4) is 22.6 Å². The molecule has 0 atom stereocenters. The molecule has 0 saturated heterocycles. The van der Waals surface area contributed by atoms with Gasteiger partial charge in [0.15, 0.2) is 11.5 Å². The lowest BCUT2D eigenvalue weighted by molar-refractivity contribution is 0.0728. The number of hydrogen-bond donors (Lipinski definition) is 2. The second kappa shape index (κ2) is 12.5. The molecule has 2 N–H and O–H groups in total. The van der Waals surface area contributed by atoms with Gasteiger partial charge < -0.3 is 14.5 Å². The summed E-state index contributed by atoms with van der Waals surface area (Å²) < 4.78 is 11.2. The van der Waals surface area contributed by atoms with E-state index in [4.69, 9.17) is 44.3 Å². The van der Waals surface area contributed by atoms with Crippen molar-refractivity contribution >= 4 is 63.8 Å². The number of benzene rings is 4. The van der Waals surface area contributed by atoms with Gasteiger partial charge in [0.25, 0.3) is 5.91 Å². The summed E-state index contributed by atoms with van der Waals surface area (Å²) in [6.07, 6.45) is 1.45. The lowest BCUT2D eigenvalue weighted by atomic mass is 10.0. The van der Waals surface area contributed by atoms with Crippen LogP contribution in [0.25, 0.3) is 22.0 Å². The van der Waals surface area contributed by atoms with Crippen LogP contribution in [0.3, 0.4) is 0 Å². The molecule has 0 fully saturated rings. The van der Waals surface area contributed by atoms with Gasteiger partial charge in [-0.3, -0.25) is 4.79 Å². The fraction of sp³-hybridized carbons (Fsp3) is 0.0645. The number of rotatable bonds is 8. The normalized spacial score (nSPS) is 11.1. The molecule has 0 bridgehead atoms. The molecule has 0 saturated carbocycles. The molecule has 1 amide bonds. The number of nitrogens with zero attached hydrogens (tertiary/aromatic N) is 1. The van der Waals surface area contributed by atoms with Gasteiger partial charge in [0, 0.05) is 21.5 Å². The Bertz CT molecular complexity index is 1800. The van der Waals surface area contributed by atoms with Crippen LogP contribution < -0.4 is 14.9 Å². The number of aromatic nitrogens is 1. The summed E-state index contributed by atoms with van der Waals surface area (Å²) in [6.45, 7) is 2.14. The van der Waals surface area contributed by atoms with Crippen LogP contribution in [-0.2, 0) is 0 Å². The van der Waals surface area contributed by atoms with Gasteiger partial charge in [0.1, 0.15) is 5.69 Å². The zero-order chi connectivity index (χ0) is 28.9. The number of nitrogens with one attached hydrogen (secondary N) is 2. The molecule has 0 aliphatic rings. The number of fused-ring (bicyclic) bond motifs is 1. The third-order valence-corrected chi connectivity index (χ3v) is 7.07. The number of amides is 1. The highest BCUT2D eigenvalue weighted by atomic mass is 35.5. The van der Waals surface area contributed by atoms with Gasteiger partial charge in [-0.05, 0) is 55.0 Å². The highest BCUT2D eigenvalue weighted by molar-refractivity contribution is 6.37. The van der Waals surface area contributed by atoms with Crippen molar-refractivity contribution in [1.29, 1.82) is 0 Å². The molecule has 0 aliphatic carbocycles. The molecular weight excluding hydrogens is 585 g/mol. The van der Waals surface area contributed by atoms with Crippen molar-refractivity contribution in [2.24, 2.45) is 5.10 Å². The highest BCUT2D eigenvalue weighted by Gasteiger charge is 2.22. The summed E-state index contributed by atoms with van der Waals surface area (Å²) in [5.41, 5.74) is 5.55. The molecule has 0 aliphatic heterocycles. The zero-order valence-corrected chi connectivity index (χ0v) is 23.8. The summed E-state index contributed by atoms with van der Waals surface area (Å²) >= 11 is 19.0. The van der Waals surface area contributed by atoms with Crippen molar-refractivity contribution in [2.45, 2.75) is 6.92 Å². The van der Waals surface area contributed by atoms with Crippen molar-refractivity contribution in [3.05, 3.63) is 117 Å². The van der Waals surface area contributed by atoms with E-state index in [-0.39, 0.29) is 22.0 Å². The quantitative estimate of drug-likeness (QED) is 0.0806. The first-order valence-corrected chi connectivity index (χ1v) is 13.6. The van der Waals surface area contributed by atoms with Gasteiger partial charge >= 0.3 is 5.97 Å². The molecule has 4 aromatic carbocycles. The summed E-state index contributed by atoms with van der Waals surface area (Å²) in [7, 11) is 0. The number of para-hydroxylation sites is 1.